The van der Waals surface area contributed by atoms with E-state index in [2.05, 4.69) is 23.1 Å². The maximum atomic E-state index is 12.6. The fraction of sp³-hybridized carbons (Fsp3) is 0.300. The summed E-state index contributed by atoms with van der Waals surface area (Å²) in [4.78, 5) is 33.9. The highest BCUT2D eigenvalue weighted by Gasteiger charge is 2.34. The second-order valence-electron chi connectivity index (χ2n) is 9.79. The topological polar surface area (TPSA) is 53.5 Å². The summed E-state index contributed by atoms with van der Waals surface area (Å²) in [5, 5.41) is 0.782. The molecule has 1 saturated heterocycles. The largest absolute Gasteiger partial charge is 0.303 e. The SMILES string of the molecule is O=C1c2ccccc2C(=O)N1CCCN1CCC(=C2c3ccc(Cl)cc3CCc3cccnc32)CC1. The highest BCUT2D eigenvalue weighted by Crippen LogP contribution is 2.38. The van der Waals surface area contributed by atoms with Gasteiger partial charge in [-0.25, -0.2) is 0 Å². The predicted octanol–water partition coefficient (Wildman–Crippen LogP) is 5.42. The minimum Gasteiger partial charge on any atom is -0.303 e. The van der Waals surface area contributed by atoms with E-state index >= 15 is 0 Å². The Morgan fingerprint density at radius 3 is 2.25 bits per heavy atom. The van der Waals surface area contributed by atoms with E-state index in [4.69, 9.17) is 16.6 Å². The molecule has 3 aliphatic rings. The normalized spacial score (nSPS) is 17.6. The number of pyridine rings is 1. The van der Waals surface area contributed by atoms with Crippen LogP contribution in [0.5, 0.6) is 0 Å². The summed E-state index contributed by atoms with van der Waals surface area (Å²) in [6.45, 7) is 3.26. The summed E-state index contributed by atoms with van der Waals surface area (Å²) in [5.74, 6) is -0.334. The Labute approximate surface area is 216 Å². The second kappa shape index (κ2) is 9.64. The molecule has 6 rings (SSSR count). The van der Waals surface area contributed by atoms with Gasteiger partial charge in [0.1, 0.15) is 0 Å². The maximum absolute atomic E-state index is 12.6. The third-order valence-corrected chi connectivity index (χ3v) is 7.91. The number of aryl methyl sites for hydroxylation is 2. The van der Waals surface area contributed by atoms with E-state index in [1.807, 2.05) is 30.5 Å². The number of nitrogens with zero attached hydrogens (tertiary/aromatic N) is 3. The minimum absolute atomic E-state index is 0.167. The molecular formula is C30H28ClN3O2. The molecule has 0 atom stereocenters. The zero-order chi connectivity index (χ0) is 24.6. The average molecular weight is 498 g/mol. The first-order valence-electron chi connectivity index (χ1n) is 12.7. The van der Waals surface area contributed by atoms with Crippen LogP contribution < -0.4 is 0 Å². The number of halogens is 1. The third-order valence-electron chi connectivity index (χ3n) is 7.68. The number of fused-ring (bicyclic) bond motifs is 3. The molecule has 2 amide bonds. The number of carbonyl (C=O) groups is 2. The van der Waals surface area contributed by atoms with Crippen LogP contribution in [0.25, 0.3) is 5.57 Å². The number of aromatic nitrogens is 1. The molecule has 3 heterocycles. The third kappa shape index (κ3) is 4.16. The van der Waals surface area contributed by atoms with E-state index < -0.39 is 0 Å². The molecule has 3 aromatic rings. The van der Waals surface area contributed by atoms with Gasteiger partial charge in [0.05, 0.1) is 16.8 Å². The van der Waals surface area contributed by atoms with Crippen molar-refractivity contribution in [1.82, 2.24) is 14.8 Å². The highest BCUT2D eigenvalue weighted by molar-refractivity contribution is 6.30. The first kappa shape index (κ1) is 23.1. The molecular weight excluding hydrogens is 470 g/mol. The number of amides is 2. The lowest BCUT2D eigenvalue weighted by molar-refractivity contribution is 0.0647. The van der Waals surface area contributed by atoms with Crippen molar-refractivity contribution in [2.24, 2.45) is 0 Å². The lowest BCUT2D eigenvalue weighted by Gasteiger charge is -2.30. The summed E-state index contributed by atoms with van der Waals surface area (Å²) < 4.78 is 0. The van der Waals surface area contributed by atoms with Crippen molar-refractivity contribution in [3.05, 3.63) is 105 Å². The van der Waals surface area contributed by atoms with Crippen molar-refractivity contribution in [1.29, 1.82) is 0 Å². The number of likely N-dealkylation sites (tertiary alicyclic amines) is 1. The molecule has 0 radical (unpaired) electrons. The van der Waals surface area contributed by atoms with Gasteiger partial charge in [-0.1, -0.05) is 41.4 Å². The van der Waals surface area contributed by atoms with Gasteiger partial charge in [0.25, 0.3) is 11.8 Å². The smallest absolute Gasteiger partial charge is 0.261 e. The van der Waals surface area contributed by atoms with Crippen LogP contribution in [0.3, 0.4) is 0 Å². The van der Waals surface area contributed by atoms with Crippen molar-refractivity contribution in [2.75, 3.05) is 26.2 Å². The number of rotatable bonds is 4. The molecule has 5 nitrogen and oxygen atoms in total. The molecule has 0 saturated carbocycles. The molecule has 1 aliphatic carbocycles. The molecule has 0 bridgehead atoms. The summed E-state index contributed by atoms with van der Waals surface area (Å²) in [6.07, 6.45) is 6.59. The number of benzene rings is 2. The van der Waals surface area contributed by atoms with Crippen LogP contribution in [0.2, 0.25) is 5.02 Å². The van der Waals surface area contributed by atoms with Gasteiger partial charge in [-0.3, -0.25) is 19.5 Å². The molecule has 6 heteroatoms. The molecule has 0 N–H and O–H groups in total. The monoisotopic (exact) mass is 497 g/mol. The Bertz CT molecular complexity index is 1350. The molecule has 36 heavy (non-hydrogen) atoms. The van der Waals surface area contributed by atoms with E-state index in [-0.39, 0.29) is 11.8 Å². The Hall–Kier alpha value is -3.28. The van der Waals surface area contributed by atoms with Crippen molar-refractivity contribution < 1.29 is 9.59 Å². The van der Waals surface area contributed by atoms with Gasteiger partial charge in [0.15, 0.2) is 0 Å². The minimum atomic E-state index is -0.167. The number of hydrogen-bond donors (Lipinski definition) is 0. The molecule has 1 fully saturated rings. The first-order valence-corrected chi connectivity index (χ1v) is 13.1. The van der Waals surface area contributed by atoms with E-state index in [9.17, 15) is 9.59 Å². The number of piperidine rings is 1. The fourth-order valence-corrected chi connectivity index (χ4v) is 6.02. The fourth-order valence-electron chi connectivity index (χ4n) is 5.82. The predicted molar refractivity (Wildman–Crippen MR) is 141 cm³/mol. The Morgan fingerprint density at radius 1 is 0.778 bits per heavy atom. The molecule has 182 valence electrons. The van der Waals surface area contributed by atoms with Crippen LogP contribution in [0.4, 0.5) is 0 Å². The van der Waals surface area contributed by atoms with Crippen LogP contribution in [0, 0.1) is 0 Å². The van der Waals surface area contributed by atoms with Gasteiger partial charge in [0, 0.05) is 36.4 Å². The quantitative estimate of drug-likeness (QED) is 0.452. The van der Waals surface area contributed by atoms with Crippen molar-refractivity contribution in [3.8, 4) is 0 Å². The first-order chi connectivity index (χ1) is 17.6. The Balaban J connectivity index is 1.15. The van der Waals surface area contributed by atoms with E-state index in [1.165, 1.54) is 32.7 Å². The van der Waals surface area contributed by atoms with E-state index in [0.29, 0.717) is 17.7 Å². The summed E-state index contributed by atoms with van der Waals surface area (Å²) in [7, 11) is 0. The highest BCUT2D eigenvalue weighted by atomic mass is 35.5. The van der Waals surface area contributed by atoms with Crippen LogP contribution in [0.15, 0.2) is 66.4 Å². The molecule has 1 aromatic heterocycles. The molecule has 0 unspecified atom stereocenters. The lowest BCUT2D eigenvalue weighted by Crippen LogP contribution is -2.36. The van der Waals surface area contributed by atoms with Gasteiger partial charge < -0.3 is 4.90 Å². The zero-order valence-corrected chi connectivity index (χ0v) is 20.9. The molecule has 2 aliphatic heterocycles. The van der Waals surface area contributed by atoms with Crippen molar-refractivity contribution in [3.63, 3.8) is 0 Å². The molecule has 2 aromatic carbocycles. The van der Waals surface area contributed by atoms with Crippen LogP contribution in [-0.2, 0) is 12.8 Å². The maximum Gasteiger partial charge on any atom is 0.261 e. The van der Waals surface area contributed by atoms with Gasteiger partial charge >= 0.3 is 0 Å². The van der Waals surface area contributed by atoms with E-state index in [1.54, 1.807) is 12.1 Å². The molecule has 0 spiro atoms. The van der Waals surface area contributed by atoms with Crippen molar-refractivity contribution >= 4 is 29.0 Å². The van der Waals surface area contributed by atoms with Crippen LogP contribution in [-0.4, -0.2) is 52.8 Å². The van der Waals surface area contributed by atoms with E-state index in [0.717, 1.165) is 62.5 Å². The standard InChI is InChI=1S/C30H28ClN3O2/c31-23-10-11-24-22(19-23)9-8-21-5-3-14-32-28(21)27(24)20-12-17-33(18-13-20)15-4-16-34-29(35)25-6-1-2-7-26(25)30(34)36/h1-3,5-7,10-11,14,19H,4,8-9,12-13,15-18H2. The van der Waals surface area contributed by atoms with Gasteiger partial charge in [0.2, 0.25) is 0 Å². The second-order valence-corrected chi connectivity index (χ2v) is 10.2. The Kier molecular flexibility index (Phi) is 6.20. The van der Waals surface area contributed by atoms with Gasteiger partial charge in [-0.15, -0.1) is 0 Å². The summed E-state index contributed by atoms with van der Waals surface area (Å²) >= 11 is 6.35. The summed E-state index contributed by atoms with van der Waals surface area (Å²) in [6, 6.07) is 17.6. The number of hydrogen-bond acceptors (Lipinski definition) is 4. The van der Waals surface area contributed by atoms with Crippen LogP contribution in [0.1, 0.15) is 62.4 Å². The Morgan fingerprint density at radius 2 is 1.50 bits per heavy atom. The van der Waals surface area contributed by atoms with Gasteiger partial charge in [-0.05, 0) is 85.7 Å². The zero-order valence-electron chi connectivity index (χ0n) is 20.2. The van der Waals surface area contributed by atoms with Gasteiger partial charge in [-0.2, -0.15) is 0 Å². The van der Waals surface area contributed by atoms with Crippen LogP contribution >= 0.6 is 11.6 Å². The number of carbonyl (C=O) groups excluding carboxylic acids is 2. The average Bonchev–Trinajstić information content (AvgIpc) is 3.05. The van der Waals surface area contributed by atoms with Crippen molar-refractivity contribution in [2.45, 2.75) is 32.1 Å². The summed E-state index contributed by atoms with van der Waals surface area (Å²) in [5.41, 5.74) is 8.78. The lowest BCUT2D eigenvalue weighted by atomic mass is 9.88. The number of imide groups is 1.